The SMILES string of the molecule is CC(CBr)Cc1ccc(C(F)(F)F)cc1. The molecule has 1 unspecified atom stereocenters. The lowest BCUT2D eigenvalue weighted by atomic mass is 10.0. The largest absolute Gasteiger partial charge is 0.416 e. The van der Waals surface area contributed by atoms with Gasteiger partial charge in [-0.25, -0.2) is 0 Å². The number of hydrogen-bond acceptors (Lipinski definition) is 0. The summed E-state index contributed by atoms with van der Waals surface area (Å²) in [5, 5.41) is 0.855. The molecule has 0 aliphatic heterocycles. The zero-order valence-electron chi connectivity index (χ0n) is 8.31. The number of rotatable bonds is 3. The van der Waals surface area contributed by atoms with Gasteiger partial charge in [0.05, 0.1) is 5.56 Å². The van der Waals surface area contributed by atoms with E-state index in [1.807, 2.05) is 6.92 Å². The maximum absolute atomic E-state index is 12.2. The van der Waals surface area contributed by atoms with Gasteiger partial charge in [-0.05, 0) is 30.0 Å². The van der Waals surface area contributed by atoms with E-state index in [-0.39, 0.29) is 0 Å². The fourth-order valence-electron chi connectivity index (χ4n) is 1.29. The van der Waals surface area contributed by atoms with E-state index in [4.69, 9.17) is 0 Å². The van der Waals surface area contributed by atoms with Crippen molar-refractivity contribution in [3.05, 3.63) is 35.4 Å². The van der Waals surface area contributed by atoms with Crippen LogP contribution in [-0.4, -0.2) is 5.33 Å². The summed E-state index contributed by atoms with van der Waals surface area (Å²) in [5.74, 6) is 0.432. The van der Waals surface area contributed by atoms with Gasteiger partial charge in [0.25, 0.3) is 0 Å². The topological polar surface area (TPSA) is 0 Å². The molecule has 0 saturated carbocycles. The van der Waals surface area contributed by atoms with Crippen LogP contribution < -0.4 is 0 Å². The van der Waals surface area contributed by atoms with E-state index in [2.05, 4.69) is 15.9 Å². The number of alkyl halides is 4. The normalized spacial score (nSPS) is 13.9. The minimum absolute atomic E-state index is 0.432. The highest BCUT2D eigenvalue weighted by molar-refractivity contribution is 9.09. The third kappa shape index (κ3) is 3.86. The van der Waals surface area contributed by atoms with Crippen molar-refractivity contribution in [2.75, 3.05) is 5.33 Å². The zero-order chi connectivity index (χ0) is 11.5. The standard InChI is InChI=1S/C11H12BrF3/c1-8(7-12)6-9-2-4-10(5-3-9)11(13,14)15/h2-5,8H,6-7H2,1H3. The van der Waals surface area contributed by atoms with Crippen LogP contribution in [0, 0.1) is 5.92 Å². The highest BCUT2D eigenvalue weighted by atomic mass is 79.9. The molecule has 0 amide bonds. The van der Waals surface area contributed by atoms with Gasteiger partial charge in [0.2, 0.25) is 0 Å². The molecule has 0 aliphatic carbocycles. The molecule has 0 N–H and O–H groups in total. The molecule has 0 radical (unpaired) electrons. The van der Waals surface area contributed by atoms with Gasteiger partial charge in [-0.3, -0.25) is 0 Å². The Balaban J connectivity index is 2.73. The summed E-state index contributed by atoms with van der Waals surface area (Å²) < 4.78 is 36.7. The minimum atomic E-state index is -4.24. The van der Waals surface area contributed by atoms with E-state index in [1.165, 1.54) is 0 Å². The molecule has 0 aliphatic rings. The molecule has 1 aromatic rings. The van der Waals surface area contributed by atoms with E-state index in [1.54, 1.807) is 12.1 Å². The molecule has 0 nitrogen and oxygen atoms in total. The molecular weight excluding hydrogens is 269 g/mol. The van der Waals surface area contributed by atoms with Crippen LogP contribution in [0.5, 0.6) is 0 Å². The molecule has 0 spiro atoms. The quantitative estimate of drug-likeness (QED) is 0.725. The molecule has 0 bridgehead atoms. The van der Waals surface area contributed by atoms with Gasteiger partial charge < -0.3 is 0 Å². The average molecular weight is 281 g/mol. The van der Waals surface area contributed by atoms with Gasteiger partial charge in [-0.2, -0.15) is 13.2 Å². The minimum Gasteiger partial charge on any atom is -0.166 e. The second kappa shape index (κ2) is 5.01. The van der Waals surface area contributed by atoms with E-state index in [0.29, 0.717) is 5.92 Å². The first kappa shape index (κ1) is 12.6. The van der Waals surface area contributed by atoms with Crippen LogP contribution in [0.1, 0.15) is 18.1 Å². The van der Waals surface area contributed by atoms with E-state index in [9.17, 15) is 13.2 Å². The molecule has 84 valence electrons. The molecule has 1 aromatic carbocycles. The van der Waals surface area contributed by atoms with Crippen LogP contribution in [0.25, 0.3) is 0 Å². The summed E-state index contributed by atoms with van der Waals surface area (Å²) in [6.07, 6.45) is -3.44. The summed E-state index contributed by atoms with van der Waals surface area (Å²) in [6.45, 7) is 2.05. The Morgan fingerprint density at radius 2 is 1.73 bits per heavy atom. The van der Waals surface area contributed by atoms with Crippen molar-refractivity contribution in [3.8, 4) is 0 Å². The molecule has 0 heterocycles. The Labute approximate surface area is 95.6 Å². The fraction of sp³-hybridized carbons (Fsp3) is 0.455. The maximum atomic E-state index is 12.2. The molecular formula is C11H12BrF3. The number of benzene rings is 1. The first-order valence-corrected chi connectivity index (χ1v) is 5.77. The fourth-order valence-corrected chi connectivity index (χ4v) is 1.52. The van der Waals surface area contributed by atoms with Gasteiger partial charge in [0, 0.05) is 5.33 Å². The lowest BCUT2D eigenvalue weighted by Gasteiger charge is -2.09. The second-order valence-electron chi connectivity index (χ2n) is 3.66. The number of halogens is 4. The summed E-state index contributed by atoms with van der Waals surface area (Å²) in [5.41, 5.74) is 0.354. The van der Waals surface area contributed by atoms with E-state index >= 15 is 0 Å². The smallest absolute Gasteiger partial charge is 0.166 e. The van der Waals surface area contributed by atoms with E-state index in [0.717, 1.165) is 29.4 Å². The third-order valence-electron chi connectivity index (χ3n) is 2.13. The predicted octanol–water partition coefficient (Wildman–Crippen LogP) is 4.28. The van der Waals surface area contributed by atoms with Crippen LogP contribution >= 0.6 is 15.9 Å². The Kier molecular flexibility index (Phi) is 4.20. The predicted molar refractivity (Wildman–Crippen MR) is 58.1 cm³/mol. The van der Waals surface area contributed by atoms with Crippen LogP contribution in [0.2, 0.25) is 0 Å². The molecule has 1 atom stereocenters. The highest BCUT2D eigenvalue weighted by Crippen LogP contribution is 2.29. The zero-order valence-corrected chi connectivity index (χ0v) is 9.90. The second-order valence-corrected chi connectivity index (χ2v) is 4.31. The summed E-state index contributed by atoms with van der Waals surface area (Å²) >= 11 is 3.34. The lowest BCUT2D eigenvalue weighted by Crippen LogP contribution is -2.05. The third-order valence-corrected chi connectivity index (χ3v) is 3.23. The van der Waals surface area contributed by atoms with Crippen molar-refractivity contribution in [1.82, 2.24) is 0 Å². The van der Waals surface area contributed by atoms with Crippen LogP contribution in [0.15, 0.2) is 24.3 Å². The summed E-state index contributed by atoms with van der Waals surface area (Å²) in [6, 6.07) is 5.36. The summed E-state index contributed by atoms with van der Waals surface area (Å²) in [7, 11) is 0. The number of hydrogen-bond donors (Lipinski definition) is 0. The molecule has 1 rings (SSSR count). The van der Waals surface area contributed by atoms with Gasteiger partial charge >= 0.3 is 6.18 Å². The molecule has 15 heavy (non-hydrogen) atoms. The Morgan fingerprint density at radius 3 is 2.13 bits per heavy atom. The van der Waals surface area contributed by atoms with Crippen LogP contribution in [0.4, 0.5) is 13.2 Å². The van der Waals surface area contributed by atoms with Crippen LogP contribution in [-0.2, 0) is 12.6 Å². The monoisotopic (exact) mass is 280 g/mol. The van der Waals surface area contributed by atoms with Gasteiger partial charge in [0.15, 0.2) is 0 Å². The maximum Gasteiger partial charge on any atom is 0.416 e. The Bertz CT molecular complexity index is 303. The van der Waals surface area contributed by atoms with Crippen LogP contribution in [0.3, 0.4) is 0 Å². The summed E-state index contributed by atoms with van der Waals surface area (Å²) in [4.78, 5) is 0. The average Bonchev–Trinajstić information content (AvgIpc) is 2.17. The first-order chi connectivity index (χ1) is 6.93. The van der Waals surface area contributed by atoms with Gasteiger partial charge in [-0.15, -0.1) is 0 Å². The van der Waals surface area contributed by atoms with Crippen molar-refractivity contribution < 1.29 is 13.2 Å². The van der Waals surface area contributed by atoms with Gasteiger partial charge in [0.1, 0.15) is 0 Å². The van der Waals surface area contributed by atoms with Crippen molar-refractivity contribution in [2.45, 2.75) is 19.5 Å². The molecule has 0 aromatic heterocycles. The first-order valence-electron chi connectivity index (χ1n) is 4.65. The van der Waals surface area contributed by atoms with Crippen molar-refractivity contribution in [2.24, 2.45) is 5.92 Å². The molecule has 0 saturated heterocycles. The van der Waals surface area contributed by atoms with Crippen molar-refractivity contribution in [1.29, 1.82) is 0 Å². The Hall–Kier alpha value is -0.510. The van der Waals surface area contributed by atoms with E-state index < -0.39 is 11.7 Å². The highest BCUT2D eigenvalue weighted by Gasteiger charge is 2.29. The lowest BCUT2D eigenvalue weighted by molar-refractivity contribution is -0.137. The van der Waals surface area contributed by atoms with Crippen molar-refractivity contribution >= 4 is 15.9 Å². The molecule has 0 fully saturated rings. The van der Waals surface area contributed by atoms with Crippen molar-refractivity contribution in [3.63, 3.8) is 0 Å². The van der Waals surface area contributed by atoms with Gasteiger partial charge in [-0.1, -0.05) is 35.0 Å². The molecule has 4 heteroatoms. The Morgan fingerprint density at radius 1 is 1.20 bits per heavy atom.